The molecular formula is C18H25NO2. The van der Waals surface area contributed by atoms with Gasteiger partial charge in [-0.3, -0.25) is 0 Å². The molecule has 3 nitrogen and oxygen atoms in total. The molecule has 3 atom stereocenters. The quantitative estimate of drug-likeness (QED) is 0.848. The highest BCUT2D eigenvalue weighted by Gasteiger charge is 2.57. The van der Waals surface area contributed by atoms with Gasteiger partial charge in [0.05, 0.1) is 0 Å². The summed E-state index contributed by atoms with van der Waals surface area (Å²) in [5.41, 5.74) is 3.31. The molecule has 2 fully saturated rings. The Hall–Kier alpha value is -0.900. The van der Waals surface area contributed by atoms with Gasteiger partial charge in [-0.05, 0) is 42.9 Å². The van der Waals surface area contributed by atoms with Gasteiger partial charge >= 0.3 is 0 Å². The zero-order valence-electron chi connectivity index (χ0n) is 13.0. The Morgan fingerprint density at radius 2 is 1.95 bits per heavy atom. The third kappa shape index (κ3) is 1.84. The number of nitrogens with one attached hydrogen (secondary N) is 1. The molecule has 0 radical (unpaired) electrons. The standard InChI is InChI=1S/C18H25NO2/c1-20-18(21-2)8-7-15-16-11-13-5-3-4-6-14(13)17(15,12-18)9-10-19-16/h3-6,15-16,19H,7-12H2,1-2H3/t15-,16+,17+/m0/s1. The SMILES string of the molecule is COC1(OC)CC[C@H]2[C@H]3Cc4ccccc4[C@@]2(CCN3)C1. The van der Waals surface area contributed by atoms with Crippen molar-refractivity contribution in [2.75, 3.05) is 20.8 Å². The minimum Gasteiger partial charge on any atom is -0.353 e. The summed E-state index contributed by atoms with van der Waals surface area (Å²) in [4.78, 5) is 0. The molecule has 0 unspecified atom stereocenters. The molecule has 114 valence electrons. The fourth-order valence-corrected chi connectivity index (χ4v) is 5.33. The Morgan fingerprint density at radius 3 is 2.76 bits per heavy atom. The molecular weight excluding hydrogens is 262 g/mol. The third-order valence-corrected chi connectivity index (χ3v) is 6.33. The molecule has 0 amide bonds. The molecule has 3 aliphatic rings. The maximum Gasteiger partial charge on any atom is 0.168 e. The van der Waals surface area contributed by atoms with Gasteiger partial charge in [0, 0.05) is 38.5 Å². The summed E-state index contributed by atoms with van der Waals surface area (Å²) >= 11 is 0. The lowest BCUT2D eigenvalue weighted by molar-refractivity contribution is -0.247. The minimum absolute atomic E-state index is 0.231. The molecule has 1 aliphatic heterocycles. The topological polar surface area (TPSA) is 30.5 Å². The lowest BCUT2D eigenvalue weighted by atomic mass is 9.51. The highest BCUT2D eigenvalue weighted by atomic mass is 16.7. The summed E-state index contributed by atoms with van der Waals surface area (Å²) in [5.74, 6) is 0.322. The van der Waals surface area contributed by atoms with Crippen LogP contribution in [0.3, 0.4) is 0 Å². The van der Waals surface area contributed by atoms with Crippen molar-refractivity contribution in [3.63, 3.8) is 0 Å². The maximum absolute atomic E-state index is 5.84. The molecule has 0 spiro atoms. The van der Waals surface area contributed by atoms with E-state index in [0.717, 1.165) is 25.3 Å². The van der Waals surface area contributed by atoms with Gasteiger partial charge in [0.25, 0.3) is 0 Å². The summed E-state index contributed by atoms with van der Waals surface area (Å²) in [5, 5.41) is 3.77. The van der Waals surface area contributed by atoms with E-state index in [4.69, 9.17) is 9.47 Å². The van der Waals surface area contributed by atoms with Crippen LogP contribution in [0.2, 0.25) is 0 Å². The molecule has 1 N–H and O–H groups in total. The first-order chi connectivity index (χ1) is 10.2. The average molecular weight is 287 g/mol. The number of rotatable bonds is 2. The lowest BCUT2D eigenvalue weighted by Gasteiger charge is -2.59. The summed E-state index contributed by atoms with van der Waals surface area (Å²) in [7, 11) is 3.60. The Labute approximate surface area is 127 Å². The summed E-state index contributed by atoms with van der Waals surface area (Å²) < 4.78 is 11.7. The number of ether oxygens (including phenoxy) is 2. The molecule has 3 heteroatoms. The maximum atomic E-state index is 5.84. The second-order valence-corrected chi connectivity index (χ2v) is 6.97. The van der Waals surface area contributed by atoms with E-state index in [1.807, 2.05) is 0 Å². The number of fused-ring (bicyclic) bond motifs is 1. The molecule has 1 heterocycles. The van der Waals surface area contributed by atoms with E-state index >= 15 is 0 Å². The summed E-state index contributed by atoms with van der Waals surface area (Å²) in [6.45, 7) is 1.11. The van der Waals surface area contributed by atoms with E-state index < -0.39 is 5.79 Å². The van der Waals surface area contributed by atoms with Crippen LogP contribution in [-0.4, -0.2) is 32.6 Å². The van der Waals surface area contributed by atoms with Gasteiger partial charge in [-0.25, -0.2) is 0 Å². The monoisotopic (exact) mass is 287 g/mol. The molecule has 4 rings (SSSR count). The Morgan fingerprint density at radius 1 is 1.14 bits per heavy atom. The van der Waals surface area contributed by atoms with Crippen LogP contribution in [0.1, 0.15) is 36.8 Å². The number of benzene rings is 1. The first-order valence-corrected chi connectivity index (χ1v) is 8.15. The van der Waals surface area contributed by atoms with Crippen LogP contribution >= 0.6 is 0 Å². The van der Waals surface area contributed by atoms with Gasteiger partial charge in [-0.15, -0.1) is 0 Å². The van der Waals surface area contributed by atoms with Gasteiger partial charge in [0.1, 0.15) is 0 Å². The molecule has 1 saturated carbocycles. The van der Waals surface area contributed by atoms with Crippen LogP contribution in [0.15, 0.2) is 24.3 Å². The number of methoxy groups -OCH3 is 2. The van der Waals surface area contributed by atoms with Crippen molar-refractivity contribution >= 4 is 0 Å². The molecule has 2 bridgehead atoms. The Bertz CT molecular complexity index is 540. The van der Waals surface area contributed by atoms with Crippen LogP contribution < -0.4 is 5.32 Å². The zero-order chi connectivity index (χ0) is 14.5. The predicted molar refractivity (Wildman–Crippen MR) is 82.3 cm³/mol. The van der Waals surface area contributed by atoms with E-state index in [-0.39, 0.29) is 5.41 Å². The molecule has 1 aromatic rings. The van der Waals surface area contributed by atoms with Gasteiger partial charge in [-0.1, -0.05) is 24.3 Å². The molecule has 1 aromatic carbocycles. The van der Waals surface area contributed by atoms with E-state index in [1.165, 1.54) is 24.8 Å². The minimum atomic E-state index is -0.400. The fraction of sp³-hybridized carbons (Fsp3) is 0.667. The second-order valence-electron chi connectivity index (χ2n) is 6.97. The third-order valence-electron chi connectivity index (χ3n) is 6.33. The largest absolute Gasteiger partial charge is 0.353 e. The first kappa shape index (κ1) is 13.7. The van der Waals surface area contributed by atoms with E-state index in [0.29, 0.717) is 6.04 Å². The van der Waals surface area contributed by atoms with Crippen molar-refractivity contribution in [2.45, 2.75) is 49.3 Å². The second kappa shape index (κ2) is 4.80. The van der Waals surface area contributed by atoms with Crippen LogP contribution in [0.4, 0.5) is 0 Å². The molecule has 2 aliphatic carbocycles. The fourth-order valence-electron chi connectivity index (χ4n) is 5.33. The lowest BCUT2D eigenvalue weighted by Crippen LogP contribution is -2.63. The molecule has 0 aromatic heterocycles. The van der Waals surface area contributed by atoms with Crippen molar-refractivity contribution in [1.82, 2.24) is 5.32 Å². The van der Waals surface area contributed by atoms with Gasteiger partial charge in [-0.2, -0.15) is 0 Å². The highest BCUT2D eigenvalue weighted by molar-refractivity contribution is 5.41. The van der Waals surface area contributed by atoms with Crippen LogP contribution in [0, 0.1) is 5.92 Å². The molecule has 21 heavy (non-hydrogen) atoms. The van der Waals surface area contributed by atoms with E-state index in [9.17, 15) is 0 Å². The Balaban J connectivity index is 1.84. The van der Waals surface area contributed by atoms with Crippen LogP contribution in [-0.2, 0) is 21.3 Å². The normalized spacial score (nSPS) is 36.7. The summed E-state index contributed by atoms with van der Waals surface area (Å²) in [6.07, 6.45) is 5.56. The smallest absolute Gasteiger partial charge is 0.168 e. The zero-order valence-corrected chi connectivity index (χ0v) is 13.0. The van der Waals surface area contributed by atoms with Crippen LogP contribution in [0.5, 0.6) is 0 Å². The van der Waals surface area contributed by atoms with Crippen molar-refractivity contribution in [2.24, 2.45) is 5.92 Å². The van der Waals surface area contributed by atoms with Crippen molar-refractivity contribution in [1.29, 1.82) is 0 Å². The van der Waals surface area contributed by atoms with Gasteiger partial charge in [0.2, 0.25) is 0 Å². The van der Waals surface area contributed by atoms with Crippen molar-refractivity contribution in [3.8, 4) is 0 Å². The van der Waals surface area contributed by atoms with E-state index in [1.54, 1.807) is 19.8 Å². The van der Waals surface area contributed by atoms with Gasteiger partial charge < -0.3 is 14.8 Å². The Kier molecular flexibility index (Phi) is 3.14. The number of hydrogen-bond donors (Lipinski definition) is 1. The first-order valence-electron chi connectivity index (χ1n) is 8.15. The van der Waals surface area contributed by atoms with Crippen molar-refractivity contribution < 1.29 is 9.47 Å². The predicted octanol–water partition coefficient (Wildman–Crippen LogP) is 2.63. The van der Waals surface area contributed by atoms with Gasteiger partial charge in [0.15, 0.2) is 5.79 Å². The van der Waals surface area contributed by atoms with E-state index in [2.05, 4.69) is 29.6 Å². The summed E-state index contributed by atoms with van der Waals surface area (Å²) in [6, 6.07) is 9.66. The average Bonchev–Trinajstić information content (AvgIpc) is 2.54. The highest BCUT2D eigenvalue weighted by Crippen LogP contribution is 2.56. The number of piperidine rings is 1. The van der Waals surface area contributed by atoms with Crippen molar-refractivity contribution in [3.05, 3.63) is 35.4 Å². The molecule has 1 saturated heterocycles. The van der Waals surface area contributed by atoms with Crippen LogP contribution in [0.25, 0.3) is 0 Å². The number of hydrogen-bond acceptors (Lipinski definition) is 3.